The fraction of sp³-hybridized carbons (Fsp3) is 0.500. The van der Waals surface area contributed by atoms with E-state index in [-0.39, 0.29) is 0 Å². The molecule has 82 valence electrons. The van der Waals surface area contributed by atoms with Crippen molar-refractivity contribution in [3.63, 3.8) is 0 Å². The summed E-state index contributed by atoms with van der Waals surface area (Å²) in [6.07, 6.45) is 4.00. The molecule has 4 N–H and O–H groups in total. The number of hydrogen-bond donors (Lipinski definition) is 2. The van der Waals surface area contributed by atoms with Crippen LogP contribution in [0.2, 0.25) is 0 Å². The van der Waals surface area contributed by atoms with Gasteiger partial charge in [-0.1, -0.05) is 12.5 Å². The Morgan fingerprint density at radius 1 is 1.07 bits per heavy atom. The van der Waals surface area contributed by atoms with Gasteiger partial charge in [-0.25, -0.2) is 0 Å². The molecule has 0 bridgehead atoms. The van der Waals surface area contributed by atoms with Gasteiger partial charge in [0.15, 0.2) is 0 Å². The van der Waals surface area contributed by atoms with Gasteiger partial charge < -0.3 is 11.5 Å². The number of hydrogen-bond acceptors (Lipinski definition) is 3. The molecule has 1 aromatic carbocycles. The van der Waals surface area contributed by atoms with Crippen molar-refractivity contribution in [1.29, 1.82) is 0 Å². The van der Waals surface area contributed by atoms with Gasteiger partial charge in [-0.15, -0.1) is 0 Å². The Hall–Kier alpha value is -1.22. The van der Waals surface area contributed by atoms with Crippen molar-refractivity contribution in [2.75, 3.05) is 24.6 Å². The lowest BCUT2D eigenvalue weighted by molar-refractivity contribution is 0.221. The van der Waals surface area contributed by atoms with Crippen molar-refractivity contribution in [3.05, 3.63) is 23.8 Å². The standard InChI is InChI=1S/C12H19N3/c13-11-5-4-10(12(14)8-11)9-15-6-2-1-3-7-15/h4-5,8H,1-3,6-7,9,13-14H2. The highest BCUT2D eigenvalue weighted by Gasteiger charge is 2.11. The molecule has 0 saturated carbocycles. The summed E-state index contributed by atoms with van der Waals surface area (Å²) in [5.41, 5.74) is 14.4. The number of anilines is 2. The number of benzene rings is 1. The van der Waals surface area contributed by atoms with E-state index in [4.69, 9.17) is 11.5 Å². The molecule has 2 rings (SSSR count). The average molecular weight is 205 g/mol. The summed E-state index contributed by atoms with van der Waals surface area (Å²) in [6, 6.07) is 5.81. The minimum absolute atomic E-state index is 0.745. The Kier molecular flexibility index (Phi) is 3.11. The molecule has 0 aromatic heterocycles. The van der Waals surface area contributed by atoms with Gasteiger partial charge in [-0.2, -0.15) is 0 Å². The lowest BCUT2D eigenvalue weighted by atomic mass is 10.1. The molecule has 0 spiro atoms. The van der Waals surface area contributed by atoms with Crippen LogP contribution in [-0.2, 0) is 6.54 Å². The van der Waals surface area contributed by atoms with Gasteiger partial charge in [-0.05, 0) is 43.6 Å². The van der Waals surface area contributed by atoms with E-state index in [2.05, 4.69) is 4.90 Å². The Bertz CT molecular complexity index is 330. The van der Waals surface area contributed by atoms with Crippen molar-refractivity contribution in [3.8, 4) is 0 Å². The summed E-state index contributed by atoms with van der Waals surface area (Å²) < 4.78 is 0. The highest BCUT2D eigenvalue weighted by Crippen LogP contribution is 2.19. The highest BCUT2D eigenvalue weighted by molar-refractivity contribution is 5.56. The second-order valence-electron chi connectivity index (χ2n) is 4.30. The van der Waals surface area contributed by atoms with Crippen molar-refractivity contribution in [2.24, 2.45) is 0 Å². The lowest BCUT2D eigenvalue weighted by Gasteiger charge is -2.26. The second kappa shape index (κ2) is 4.53. The van der Waals surface area contributed by atoms with Gasteiger partial charge in [0.1, 0.15) is 0 Å². The van der Waals surface area contributed by atoms with E-state index in [1.165, 1.54) is 37.9 Å². The zero-order valence-corrected chi connectivity index (χ0v) is 9.08. The third-order valence-corrected chi connectivity index (χ3v) is 3.01. The monoisotopic (exact) mass is 205 g/mol. The second-order valence-corrected chi connectivity index (χ2v) is 4.30. The van der Waals surface area contributed by atoms with Gasteiger partial charge in [-0.3, -0.25) is 4.90 Å². The Morgan fingerprint density at radius 3 is 2.47 bits per heavy atom. The van der Waals surface area contributed by atoms with Crippen LogP contribution in [0.3, 0.4) is 0 Å². The molecule has 0 radical (unpaired) electrons. The predicted octanol–water partition coefficient (Wildman–Crippen LogP) is 1.84. The zero-order chi connectivity index (χ0) is 10.7. The minimum Gasteiger partial charge on any atom is -0.399 e. The molecule has 1 fully saturated rings. The molecule has 0 amide bonds. The molecule has 1 aliphatic heterocycles. The van der Waals surface area contributed by atoms with Crippen LogP contribution < -0.4 is 11.5 Å². The Morgan fingerprint density at radius 2 is 1.80 bits per heavy atom. The average Bonchev–Trinajstić information content (AvgIpc) is 2.24. The maximum Gasteiger partial charge on any atom is 0.0380 e. The molecule has 1 saturated heterocycles. The minimum atomic E-state index is 0.745. The lowest BCUT2D eigenvalue weighted by Crippen LogP contribution is -2.29. The van der Waals surface area contributed by atoms with Crippen molar-refractivity contribution in [1.82, 2.24) is 4.90 Å². The van der Waals surface area contributed by atoms with Crippen LogP contribution in [0.25, 0.3) is 0 Å². The molecular weight excluding hydrogens is 186 g/mol. The smallest absolute Gasteiger partial charge is 0.0380 e. The van der Waals surface area contributed by atoms with Gasteiger partial charge in [0.25, 0.3) is 0 Å². The number of nitrogen functional groups attached to an aromatic ring is 2. The molecule has 1 heterocycles. The molecule has 1 aromatic rings. The van der Waals surface area contributed by atoms with E-state index in [9.17, 15) is 0 Å². The van der Waals surface area contributed by atoms with Gasteiger partial charge in [0.2, 0.25) is 0 Å². The Labute approximate surface area is 91.1 Å². The quantitative estimate of drug-likeness (QED) is 0.724. The summed E-state index contributed by atoms with van der Waals surface area (Å²) in [5, 5.41) is 0. The Balaban J connectivity index is 2.03. The summed E-state index contributed by atoms with van der Waals surface area (Å²) in [5.74, 6) is 0. The molecule has 0 unspecified atom stereocenters. The van der Waals surface area contributed by atoms with E-state index in [1.54, 1.807) is 0 Å². The van der Waals surface area contributed by atoms with E-state index in [0.717, 1.165) is 17.9 Å². The molecule has 15 heavy (non-hydrogen) atoms. The van der Waals surface area contributed by atoms with Crippen molar-refractivity contribution < 1.29 is 0 Å². The number of likely N-dealkylation sites (tertiary alicyclic amines) is 1. The largest absolute Gasteiger partial charge is 0.399 e. The van der Waals surface area contributed by atoms with Crippen molar-refractivity contribution >= 4 is 11.4 Å². The fourth-order valence-electron chi connectivity index (χ4n) is 2.12. The van der Waals surface area contributed by atoms with Gasteiger partial charge >= 0.3 is 0 Å². The molecule has 3 nitrogen and oxygen atoms in total. The zero-order valence-electron chi connectivity index (χ0n) is 9.08. The van der Waals surface area contributed by atoms with Crippen LogP contribution in [0, 0.1) is 0 Å². The number of nitrogens with two attached hydrogens (primary N) is 2. The van der Waals surface area contributed by atoms with Crippen LogP contribution >= 0.6 is 0 Å². The van der Waals surface area contributed by atoms with Crippen LogP contribution in [-0.4, -0.2) is 18.0 Å². The fourth-order valence-corrected chi connectivity index (χ4v) is 2.12. The van der Waals surface area contributed by atoms with Gasteiger partial charge in [0.05, 0.1) is 0 Å². The summed E-state index contributed by atoms with van der Waals surface area (Å²) in [6.45, 7) is 3.36. The van der Waals surface area contributed by atoms with E-state index >= 15 is 0 Å². The third kappa shape index (κ3) is 2.63. The first-order valence-electron chi connectivity index (χ1n) is 5.62. The first-order valence-corrected chi connectivity index (χ1v) is 5.62. The maximum absolute atomic E-state index is 5.93. The normalized spacial score (nSPS) is 17.9. The first kappa shape index (κ1) is 10.3. The summed E-state index contributed by atoms with van der Waals surface area (Å²) in [7, 11) is 0. The van der Waals surface area contributed by atoms with Crippen LogP contribution in [0.15, 0.2) is 18.2 Å². The molecule has 0 aliphatic carbocycles. The van der Waals surface area contributed by atoms with E-state index in [1.807, 2.05) is 18.2 Å². The van der Waals surface area contributed by atoms with E-state index < -0.39 is 0 Å². The predicted molar refractivity (Wildman–Crippen MR) is 64.4 cm³/mol. The first-order chi connectivity index (χ1) is 7.25. The van der Waals surface area contributed by atoms with Crippen LogP contribution in [0.1, 0.15) is 24.8 Å². The van der Waals surface area contributed by atoms with Gasteiger partial charge in [0, 0.05) is 17.9 Å². The molecule has 1 aliphatic rings. The summed E-state index contributed by atoms with van der Waals surface area (Å²) >= 11 is 0. The topological polar surface area (TPSA) is 55.3 Å². The van der Waals surface area contributed by atoms with E-state index in [0.29, 0.717) is 0 Å². The SMILES string of the molecule is Nc1ccc(CN2CCCCC2)c(N)c1. The number of piperidine rings is 1. The highest BCUT2D eigenvalue weighted by atomic mass is 15.1. The van der Waals surface area contributed by atoms with Crippen LogP contribution in [0.4, 0.5) is 11.4 Å². The summed E-state index contributed by atoms with van der Waals surface area (Å²) in [4.78, 5) is 2.46. The molecule has 0 atom stereocenters. The third-order valence-electron chi connectivity index (χ3n) is 3.01. The number of rotatable bonds is 2. The number of nitrogens with zero attached hydrogens (tertiary/aromatic N) is 1. The van der Waals surface area contributed by atoms with Crippen molar-refractivity contribution in [2.45, 2.75) is 25.8 Å². The molecular formula is C12H19N3. The maximum atomic E-state index is 5.93. The molecule has 3 heteroatoms. The van der Waals surface area contributed by atoms with Crippen LogP contribution in [0.5, 0.6) is 0 Å².